The van der Waals surface area contributed by atoms with Gasteiger partial charge in [0.15, 0.2) is 0 Å². The standard InChI is InChI=1S/C14H27NO2/c16-13(8-11-4-1-2-5-11)10-15-9-12-6-3-7-14(12)17/h11-17H,1-10H2. The Morgan fingerprint density at radius 3 is 2.47 bits per heavy atom. The molecule has 0 bridgehead atoms. The molecule has 3 unspecified atom stereocenters. The summed E-state index contributed by atoms with van der Waals surface area (Å²) in [6.07, 6.45) is 9.18. The zero-order chi connectivity index (χ0) is 12.1. The van der Waals surface area contributed by atoms with Gasteiger partial charge >= 0.3 is 0 Å². The van der Waals surface area contributed by atoms with Crippen molar-refractivity contribution < 1.29 is 10.2 Å². The first-order valence-corrected chi connectivity index (χ1v) is 7.32. The molecule has 3 N–H and O–H groups in total. The Labute approximate surface area is 105 Å². The summed E-state index contributed by atoms with van der Waals surface area (Å²) in [7, 11) is 0. The van der Waals surface area contributed by atoms with Gasteiger partial charge in [-0.05, 0) is 31.1 Å². The molecule has 3 heteroatoms. The second-order valence-electron chi connectivity index (χ2n) is 5.96. The predicted octanol–water partition coefficient (Wildman–Crippen LogP) is 1.68. The predicted molar refractivity (Wildman–Crippen MR) is 68.8 cm³/mol. The maximum absolute atomic E-state index is 9.92. The second-order valence-corrected chi connectivity index (χ2v) is 5.96. The van der Waals surface area contributed by atoms with Crippen molar-refractivity contribution in [3.8, 4) is 0 Å². The van der Waals surface area contributed by atoms with Crippen molar-refractivity contribution in [1.82, 2.24) is 5.32 Å². The van der Waals surface area contributed by atoms with Crippen LogP contribution in [0.3, 0.4) is 0 Å². The highest BCUT2D eigenvalue weighted by Crippen LogP contribution is 2.28. The van der Waals surface area contributed by atoms with E-state index in [1.54, 1.807) is 0 Å². The highest BCUT2D eigenvalue weighted by atomic mass is 16.3. The van der Waals surface area contributed by atoms with Gasteiger partial charge in [0.2, 0.25) is 0 Å². The minimum atomic E-state index is -0.198. The van der Waals surface area contributed by atoms with Crippen LogP contribution < -0.4 is 5.32 Å². The van der Waals surface area contributed by atoms with E-state index in [9.17, 15) is 10.2 Å². The average molecular weight is 241 g/mol. The number of aliphatic hydroxyl groups excluding tert-OH is 2. The van der Waals surface area contributed by atoms with E-state index < -0.39 is 0 Å². The Balaban J connectivity index is 1.54. The average Bonchev–Trinajstić information content (AvgIpc) is 2.91. The first-order valence-electron chi connectivity index (χ1n) is 7.32. The molecule has 0 amide bonds. The molecule has 0 aromatic rings. The van der Waals surface area contributed by atoms with Crippen LogP contribution in [0, 0.1) is 11.8 Å². The molecule has 2 saturated carbocycles. The third-order valence-electron chi connectivity index (χ3n) is 4.49. The van der Waals surface area contributed by atoms with Crippen LogP contribution in [-0.2, 0) is 0 Å². The van der Waals surface area contributed by atoms with Crippen molar-refractivity contribution >= 4 is 0 Å². The van der Waals surface area contributed by atoms with E-state index in [0.717, 1.165) is 38.1 Å². The summed E-state index contributed by atoms with van der Waals surface area (Å²) in [6.45, 7) is 1.56. The molecule has 0 aliphatic heterocycles. The normalized spacial score (nSPS) is 32.1. The van der Waals surface area contributed by atoms with Gasteiger partial charge < -0.3 is 15.5 Å². The summed E-state index contributed by atoms with van der Waals surface area (Å²) in [6, 6.07) is 0. The molecule has 2 aliphatic carbocycles. The molecule has 3 atom stereocenters. The summed E-state index contributed by atoms with van der Waals surface area (Å²) in [5, 5.41) is 22.9. The molecule has 0 aromatic heterocycles. The van der Waals surface area contributed by atoms with E-state index in [1.807, 2.05) is 0 Å². The fourth-order valence-electron chi connectivity index (χ4n) is 3.40. The van der Waals surface area contributed by atoms with E-state index >= 15 is 0 Å². The Kier molecular flexibility index (Phi) is 5.26. The smallest absolute Gasteiger partial charge is 0.0667 e. The quantitative estimate of drug-likeness (QED) is 0.663. The van der Waals surface area contributed by atoms with Gasteiger partial charge in [-0.25, -0.2) is 0 Å². The van der Waals surface area contributed by atoms with E-state index in [4.69, 9.17) is 0 Å². The van der Waals surface area contributed by atoms with Crippen LogP contribution in [0.25, 0.3) is 0 Å². The lowest BCUT2D eigenvalue weighted by atomic mass is 10.00. The maximum Gasteiger partial charge on any atom is 0.0667 e. The molecule has 2 rings (SSSR count). The summed E-state index contributed by atoms with van der Waals surface area (Å²) in [4.78, 5) is 0. The fourth-order valence-corrected chi connectivity index (χ4v) is 3.40. The van der Waals surface area contributed by atoms with Gasteiger partial charge in [0.25, 0.3) is 0 Å². The largest absolute Gasteiger partial charge is 0.393 e. The van der Waals surface area contributed by atoms with Gasteiger partial charge in [-0.1, -0.05) is 32.1 Å². The number of nitrogens with one attached hydrogen (secondary N) is 1. The first kappa shape index (κ1) is 13.3. The van der Waals surface area contributed by atoms with Gasteiger partial charge in [0.05, 0.1) is 12.2 Å². The summed E-state index contributed by atoms with van der Waals surface area (Å²) in [5.41, 5.74) is 0. The summed E-state index contributed by atoms with van der Waals surface area (Å²) >= 11 is 0. The van der Waals surface area contributed by atoms with Gasteiger partial charge in [-0.15, -0.1) is 0 Å². The van der Waals surface area contributed by atoms with Crippen molar-refractivity contribution in [2.45, 2.75) is 63.6 Å². The van der Waals surface area contributed by atoms with Gasteiger partial charge in [-0.2, -0.15) is 0 Å². The van der Waals surface area contributed by atoms with Crippen LogP contribution in [0.1, 0.15) is 51.4 Å². The number of aliphatic hydroxyl groups is 2. The topological polar surface area (TPSA) is 52.5 Å². The summed E-state index contributed by atoms with van der Waals surface area (Å²) < 4.78 is 0. The van der Waals surface area contributed by atoms with Crippen LogP contribution in [-0.4, -0.2) is 35.5 Å². The highest BCUT2D eigenvalue weighted by Gasteiger charge is 2.25. The van der Waals surface area contributed by atoms with Crippen LogP contribution in [0.5, 0.6) is 0 Å². The Morgan fingerprint density at radius 2 is 1.82 bits per heavy atom. The molecule has 0 saturated heterocycles. The van der Waals surface area contributed by atoms with Crippen molar-refractivity contribution in [3.05, 3.63) is 0 Å². The van der Waals surface area contributed by atoms with E-state index in [2.05, 4.69) is 5.32 Å². The number of hydrogen-bond acceptors (Lipinski definition) is 3. The zero-order valence-electron chi connectivity index (χ0n) is 10.8. The molecule has 2 fully saturated rings. The fraction of sp³-hybridized carbons (Fsp3) is 1.00. The van der Waals surface area contributed by atoms with Crippen molar-refractivity contribution in [1.29, 1.82) is 0 Å². The molecule has 3 nitrogen and oxygen atoms in total. The molecule has 0 aromatic carbocycles. The van der Waals surface area contributed by atoms with Crippen LogP contribution in [0.15, 0.2) is 0 Å². The third kappa shape index (κ3) is 4.23. The lowest BCUT2D eigenvalue weighted by Crippen LogP contribution is -2.34. The van der Waals surface area contributed by atoms with Gasteiger partial charge in [0.1, 0.15) is 0 Å². The molecule has 100 valence electrons. The second kappa shape index (κ2) is 6.72. The molecular formula is C14H27NO2. The summed E-state index contributed by atoms with van der Waals surface area (Å²) in [5.74, 6) is 1.16. The Morgan fingerprint density at radius 1 is 1.06 bits per heavy atom. The van der Waals surface area contributed by atoms with Crippen molar-refractivity contribution in [2.24, 2.45) is 11.8 Å². The lowest BCUT2D eigenvalue weighted by Gasteiger charge is -2.19. The highest BCUT2D eigenvalue weighted by molar-refractivity contribution is 4.79. The minimum absolute atomic E-state index is 0.116. The Bertz CT molecular complexity index is 216. The van der Waals surface area contributed by atoms with Crippen molar-refractivity contribution in [2.75, 3.05) is 13.1 Å². The van der Waals surface area contributed by atoms with Crippen LogP contribution in [0.4, 0.5) is 0 Å². The molecule has 2 aliphatic rings. The SMILES string of the molecule is OC(CNCC1CCCC1O)CC1CCCC1. The van der Waals surface area contributed by atoms with Crippen molar-refractivity contribution in [3.63, 3.8) is 0 Å². The van der Waals surface area contributed by atoms with E-state index in [0.29, 0.717) is 12.5 Å². The Hall–Kier alpha value is -0.120. The minimum Gasteiger partial charge on any atom is -0.393 e. The van der Waals surface area contributed by atoms with Gasteiger partial charge in [0, 0.05) is 13.1 Å². The lowest BCUT2D eigenvalue weighted by molar-refractivity contribution is 0.117. The molecule has 0 heterocycles. The van der Waals surface area contributed by atoms with Gasteiger partial charge in [-0.3, -0.25) is 0 Å². The third-order valence-corrected chi connectivity index (χ3v) is 4.49. The number of rotatable bonds is 6. The van der Waals surface area contributed by atoms with E-state index in [1.165, 1.54) is 25.7 Å². The van der Waals surface area contributed by atoms with Crippen LogP contribution in [0.2, 0.25) is 0 Å². The first-order chi connectivity index (χ1) is 8.25. The zero-order valence-corrected chi connectivity index (χ0v) is 10.8. The molecule has 0 spiro atoms. The maximum atomic E-state index is 9.92. The molecule has 17 heavy (non-hydrogen) atoms. The molecule has 0 radical (unpaired) electrons. The van der Waals surface area contributed by atoms with Crippen LogP contribution >= 0.6 is 0 Å². The van der Waals surface area contributed by atoms with E-state index in [-0.39, 0.29) is 12.2 Å². The monoisotopic (exact) mass is 241 g/mol. The number of hydrogen-bond donors (Lipinski definition) is 3. The molecular weight excluding hydrogens is 214 g/mol.